The first-order valence-corrected chi connectivity index (χ1v) is 11.1. The Kier molecular flexibility index (Phi) is 6.11. The number of hydrogen-bond acceptors (Lipinski definition) is 5. The van der Waals surface area contributed by atoms with Crippen LogP contribution in [0.3, 0.4) is 0 Å². The molecule has 4 nitrogen and oxygen atoms in total. The monoisotopic (exact) mass is 386 g/mol. The number of fused-ring (bicyclic) bond motifs is 3. The molecule has 2 N–H and O–H groups in total. The number of rotatable bonds is 8. The fourth-order valence-electron chi connectivity index (χ4n) is 4.18. The van der Waals surface area contributed by atoms with Gasteiger partial charge in [-0.2, -0.15) is 0 Å². The van der Waals surface area contributed by atoms with Gasteiger partial charge in [0.2, 0.25) is 0 Å². The number of thiazole rings is 1. The number of nitrogens with two attached hydrogens (primary N) is 1. The van der Waals surface area contributed by atoms with Crippen LogP contribution in [0.25, 0.3) is 10.4 Å². The first-order chi connectivity index (χ1) is 13.2. The molecule has 4 rings (SSSR count). The molecule has 0 spiro atoms. The average molecular weight is 387 g/mol. The van der Waals surface area contributed by atoms with Crippen LogP contribution >= 0.6 is 11.3 Å². The number of unbranched alkanes of at least 4 members (excludes halogenated alkanes) is 1. The molecular weight excluding hydrogens is 356 g/mol. The van der Waals surface area contributed by atoms with E-state index in [1.54, 1.807) is 11.3 Å². The Bertz CT molecular complexity index is 774. The zero-order chi connectivity index (χ0) is 18.6. The van der Waals surface area contributed by atoms with Crippen LogP contribution in [0, 0.1) is 0 Å². The fourth-order valence-corrected chi connectivity index (χ4v) is 5.22. The first-order valence-electron chi connectivity index (χ1n) is 10.3. The minimum Gasteiger partial charge on any atom is -0.468 e. The number of hydrogen-bond donors (Lipinski definition) is 1. The lowest BCUT2D eigenvalue weighted by Crippen LogP contribution is -2.14. The highest BCUT2D eigenvalue weighted by Crippen LogP contribution is 2.42. The van der Waals surface area contributed by atoms with E-state index in [0.29, 0.717) is 25.2 Å². The summed E-state index contributed by atoms with van der Waals surface area (Å²) in [6.07, 6.45) is 7.85. The topological polar surface area (TPSA) is 57.4 Å². The van der Waals surface area contributed by atoms with Crippen LogP contribution in [0.2, 0.25) is 0 Å². The molecule has 2 aliphatic rings. The van der Waals surface area contributed by atoms with Gasteiger partial charge in [-0.05, 0) is 61.1 Å². The molecule has 0 bridgehead atoms. The molecular formula is C22H30N2O2S. The van der Waals surface area contributed by atoms with Gasteiger partial charge in [0.05, 0.1) is 17.2 Å². The van der Waals surface area contributed by atoms with Gasteiger partial charge >= 0.3 is 0 Å². The Morgan fingerprint density at radius 1 is 1.19 bits per heavy atom. The SMILES string of the molecule is CCCCOCCOc1nc2c(s1)-c1ccc(C3CCC(N)C3)cc1CC2. The maximum Gasteiger partial charge on any atom is 0.274 e. The van der Waals surface area contributed by atoms with Crippen LogP contribution in [0.15, 0.2) is 18.2 Å². The second-order valence-corrected chi connectivity index (χ2v) is 8.72. The molecule has 0 aliphatic heterocycles. The zero-order valence-electron chi connectivity index (χ0n) is 16.2. The summed E-state index contributed by atoms with van der Waals surface area (Å²) in [7, 11) is 0. The van der Waals surface area contributed by atoms with E-state index in [4.69, 9.17) is 20.2 Å². The number of aryl methyl sites for hydroxylation is 2. The average Bonchev–Trinajstić information content (AvgIpc) is 3.30. The second-order valence-electron chi connectivity index (χ2n) is 7.76. The Labute approximate surface area is 166 Å². The van der Waals surface area contributed by atoms with Crippen LogP contribution < -0.4 is 10.5 Å². The van der Waals surface area contributed by atoms with Gasteiger partial charge in [0.25, 0.3) is 5.19 Å². The van der Waals surface area contributed by atoms with E-state index < -0.39 is 0 Å². The maximum atomic E-state index is 6.11. The van der Waals surface area contributed by atoms with Crippen LogP contribution in [0.5, 0.6) is 5.19 Å². The zero-order valence-corrected chi connectivity index (χ0v) is 17.0. The molecule has 2 aliphatic carbocycles. The largest absolute Gasteiger partial charge is 0.468 e. The molecule has 0 amide bonds. The molecule has 27 heavy (non-hydrogen) atoms. The molecule has 1 aromatic heterocycles. The van der Waals surface area contributed by atoms with E-state index in [1.807, 2.05) is 0 Å². The molecule has 0 radical (unpaired) electrons. The normalized spacial score (nSPS) is 21.1. The molecule has 1 heterocycles. The summed E-state index contributed by atoms with van der Waals surface area (Å²) in [5, 5.41) is 0.776. The van der Waals surface area contributed by atoms with Crippen molar-refractivity contribution >= 4 is 11.3 Å². The van der Waals surface area contributed by atoms with Crippen LogP contribution in [-0.2, 0) is 17.6 Å². The molecule has 5 heteroatoms. The maximum absolute atomic E-state index is 6.11. The van der Waals surface area contributed by atoms with E-state index in [1.165, 1.54) is 33.7 Å². The minimum absolute atomic E-state index is 0.379. The fraction of sp³-hybridized carbons (Fsp3) is 0.591. The quantitative estimate of drug-likeness (QED) is 0.668. The lowest BCUT2D eigenvalue weighted by Gasteiger charge is -2.18. The van der Waals surface area contributed by atoms with Gasteiger partial charge in [0, 0.05) is 12.6 Å². The summed E-state index contributed by atoms with van der Waals surface area (Å²) < 4.78 is 11.4. The Morgan fingerprint density at radius 2 is 2.11 bits per heavy atom. The smallest absolute Gasteiger partial charge is 0.274 e. The van der Waals surface area contributed by atoms with Crippen molar-refractivity contribution in [3.63, 3.8) is 0 Å². The molecule has 1 saturated carbocycles. The molecule has 2 unspecified atom stereocenters. The van der Waals surface area contributed by atoms with Crippen molar-refractivity contribution in [3.05, 3.63) is 35.0 Å². The number of benzene rings is 1. The van der Waals surface area contributed by atoms with Crippen molar-refractivity contribution in [3.8, 4) is 15.6 Å². The molecule has 1 fully saturated rings. The summed E-state index contributed by atoms with van der Waals surface area (Å²) >= 11 is 1.68. The van der Waals surface area contributed by atoms with E-state index in [-0.39, 0.29) is 0 Å². The van der Waals surface area contributed by atoms with E-state index in [9.17, 15) is 0 Å². The van der Waals surface area contributed by atoms with Gasteiger partial charge in [-0.3, -0.25) is 0 Å². The van der Waals surface area contributed by atoms with Gasteiger partial charge in [-0.25, -0.2) is 4.98 Å². The van der Waals surface area contributed by atoms with Gasteiger partial charge < -0.3 is 15.2 Å². The number of aromatic nitrogens is 1. The highest BCUT2D eigenvalue weighted by molar-refractivity contribution is 7.17. The molecule has 146 valence electrons. The van der Waals surface area contributed by atoms with Gasteiger partial charge in [0.1, 0.15) is 6.61 Å². The summed E-state index contributed by atoms with van der Waals surface area (Å²) in [5.41, 5.74) is 11.6. The van der Waals surface area contributed by atoms with E-state index >= 15 is 0 Å². The third kappa shape index (κ3) is 4.36. The first kappa shape index (κ1) is 18.9. The van der Waals surface area contributed by atoms with E-state index in [0.717, 1.165) is 50.3 Å². The van der Waals surface area contributed by atoms with Gasteiger partial charge in [0.15, 0.2) is 0 Å². The highest BCUT2D eigenvalue weighted by atomic mass is 32.1. The Morgan fingerprint density at radius 3 is 2.93 bits per heavy atom. The summed E-state index contributed by atoms with van der Waals surface area (Å²) in [4.78, 5) is 6.00. The molecule has 1 aromatic carbocycles. The standard InChI is InChI=1S/C22H30N2O2S/c1-2-3-10-25-11-12-26-22-24-20-9-6-17-13-15(16-4-7-18(23)14-16)5-8-19(17)21(20)27-22/h5,8,13,16,18H,2-4,6-7,9-12,14,23H2,1H3. The molecule has 2 atom stereocenters. The van der Waals surface area contributed by atoms with Crippen LogP contribution in [-0.4, -0.2) is 30.8 Å². The van der Waals surface area contributed by atoms with Gasteiger partial charge in [-0.15, -0.1) is 0 Å². The van der Waals surface area contributed by atoms with Crippen LogP contribution in [0.4, 0.5) is 0 Å². The number of nitrogens with zero attached hydrogens (tertiary/aromatic N) is 1. The van der Waals surface area contributed by atoms with Crippen molar-refractivity contribution in [1.29, 1.82) is 0 Å². The van der Waals surface area contributed by atoms with Crippen molar-refractivity contribution in [2.45, 2.75) is 63.8 Å². The summed E-state index contributed by atoms with van der Waals surface area (Å²) in [6.45, 7) is 4.19. The minimum atomic E-state index is 0.379. The highest BCUT2D eigenvalue weighted by Gasteiger charge is 2.26. The number of ether oxygens (including phenoxy) is 2. The Balaban J connectivity index is 1.41. The molecule has 2 aromatic rings. The van der Waals surface area contributed by atoms with Gasteiger partial charge in [-0.1, -0.05) is 42.9 Å². The summed E-state index contributed by atoms with van der Waals surface area (Å²) in [5.74, 6) is 0.639. The van der Waals surface area contributed by atoms with E-state index in [2.05, 4.69) is 25.1 Å². The van der Waals surface area contributed by atoms with Crippen molar-refractivity contribution in [2.75, 3.05) is 19.8 Å². The lowest BCUT2D eigenvalue weighted by molar-refractivity contribution is 0.0979. The summed E-state index contributed by atoms with van der Waals surface area (Å²) in [6, 6.07) is 7.40. The predicted molar refractivity (Wildman–Crippen MR) is 111 cm³/mol. The van der Waals surface area contributed by atoms with Crippen molar-refractivity contribution in [2.24, 2.45) is 5.73 Å². The third-order valence-electron chi connectivity index (χ3n) is 5.72. The third-order valence-corrected chi connectivity index (χ3v) is 6.77. The van der Waals surface area contributed by atoms with Crippen molar-refractivity contribution < 1.29 is 9.47 Å². The lowest BCUT2D eigenvalue weighted by atomic mass is 9.88. The molecule has 0 saturated heterocycles. The predicted octanol–water partition coefficient (Wildman–Crippen LogP) is 4.70. The van der Waals surface area contributed by atoms with Crippen molar-refractivity contribution in [1.82, 2.24) is 4.98 Å². The Hall–Kier alpha value is -1.43. The second kappa shape index (κ2) is 8.72. The van der Waals surface area contributed by atoms with Crippen LogP contribution in [0.1, 0.15) is 61.8 Å².